The van der Waals surface area contributed by atoms with E-state index in [9.17, 15) is 27.0 Å². The van der Waals surface area contributed by atoms with Crippen LogP contribution in [0.25, 0.3) is 0 Å². The first-order valence-electron chi connectivity index (χ1n) is 25.0. The van der Waals surface area contributed by atoms with Crippen molar-refractivity contribution in [2.75, 3.05) is 26.4 Å². The van der Waals surface area contributed by atoms with Crippen molar-refractivity contribution in [3.8, 4) is 0 Å². The molecule has 0 saturated carbocycles. The average Bonchev–Trinajstić information content (AvgIpc) is 4.38. The minimum absolute atomic E-state index is 0. The fourth-order valence-corrected chi connectivity index (χ4v) is 12.4. The monoisotopic (exact) mass is 1240 g/mol. The number of aliphatic hydroxyl groups is 2. The third-order valence-corrected chi connectivity index (χ3v) is 17.1. The lowest BCUT2D eigenvalue weighted by atomic mass is 10.0. The number of aryl methyl sites for hydroxylation is 2. The number of aliphatic hydroxyl groups excluding tert-OH is 2. The van der Waals surface area contributed by atoms with Gasteiger partial charge in [0.25, 0.3) is 20.2 Å². The van der Waals surface area contributed by atoms with Gasteiger partial charge in [0.2, 0.25) is 0 Å². The molecular weight excluding hydrogens is 1180 g/mol. The summed E-state index contributed by atoms with van der Waals surface area (Å²) in [7, 11) is -7.95. The molecule has 11 aliphatic heterocycles. The summed E-state index contributed by atoms with van der Waals surface area (Å²) in [6.07, 6.45) is -7.13. The Balaban J connectivity index is 0.000000131. The number of halogens is 1. The average molecular weight is 1240 g/mol. The standard InChI is InChI=1S/C20H22O7S.C13H14O6S.C13H14O4.C6H8O4.2CH4.HI/c1-13-7-9-15(10-8-13)28(22,23)27-19-17(21)18(16-12-25-20(19)26-16)24-11-14-5-3-2-4-6-14;1-7-2-4-8(5-3-7)20(14,15)19-12-11-10(18-11)9-6-16-13(12)17-9;1-2-4-8(5-3-1)6-14-10-9-7-15-13(16-9)12-11(10)17-12;7-3-2-1-8-6(9-2)5-4(3)10-5;;;/h2-10,16-21H,11-12H2,1H3;2-5,9-13H,6H2,1H3;1-5,9-13H,6-7H2;2-7H,1H2;2*1H4;1H. The molecule has 21 nitrogen and oxygen atoms in total. The molecule has 2 N–H and O–H groups in total. The van der Waals surface area contributed by atoms with E-state index >= 15 is 0 Å². The zero-order valence-corrected chi connectivity index (χ0v) is 45.0. The molecule has 4 aromatic carbocycles. The van der Waals surface area contributed by atoms with Crippen molar-refractivity contribution in [3.05, 3.63) is 131 Å². The molecule has 0 amide bonds. The summed E-state index contributed by atoms with van der Waals surface area (Å²) >= 11 is 0. The molecule has 11 saturated heterocycles. The first-order valence-corrected chi connectivity index (χ1v) is 27.8. The van der Waals surface area contributed by atoms with Gasteiger partial charge in [-0.15, -0.1) is 24.0 Å². The number of rotatable bonds is 12. The highest BCUT2D eigenvalue weighted by Gasteiger charge is 2.64. The molecule has 0 radical (unpaired) electrons. The van der Waals surface area contributed by atoms with Crippen LogP contribution in [0.1, 0.15) is 37.1 Å². The molecule has 15 rings (SSSR count). The van der Waals surface area contributed by atoms with Gasteiger partial charge in [-0.1, -0.05) is 111 Å². The molecular formula is C54H67IO21S2. The highest BCUT2D eigenvalue weighted by atomic mass is 127. The summed E-state index contributed by atoms with van der Waals surface area (Å²) in [5, 5.41) is 20.1. The van der Waals surface area contributed by atoms with Gasteiger partial charge >= 0.3 is 0 Å². The Morgan fingerprint density at radius 3 is 1.40 bits per heavy atom. The largest absolute Gasteiger partial charge is 0.387 e. The second-order valence-electron chi connectivity index (χ2n) is 19.9. The van der Waals surface area contributed by atoms with Crippen LogP contribution >= 0.6 is 24.0 Å². The van der Waals surface area contributed by atoms with Crippen LogP contribution in [-0.4, -0.2) is 176 Å². The minimum atomic E-state index is -4.10. The maximum absolute atomic E-state index is 12.6. The highest BCUT2D eigenvalue weighted by molar-refractivity contribution is 14.0. The molecule has 4 aromatic rings. The van der Waals surface area contributed by atoms with Crippen molar-refractivity contribution in [2.24, 2.45) is 0 Å². The summed E-state index contributed by atoms with van der Waals surface area (Å²) in [6.45, 7) is 6.37. The Morgan fingerprint density at radius 1 is 0.423 bits per heavy atom. The smallest absolute Gasteiger partial charge is 0.297 e. The Bertz CT molecular complexity index is 2820. The lowest BCUT2D eigenvalue weighted by Crippen LogP contribution is -2.56. The first-order chi connectivity index (χ1) is 36.3. The predicted molar refractivity (Wildman–Crippen MR) is 282 cm³/mol. The lowest BCUT2D eigenvalue weighted by molar-refractivity contribution is -0.232. The van der Waals surface area contributed by atoms with Gasteiger partial charge in [0, 0.05) is 0 Å². The van der Waals surface area contributed by atoms with Gasteiger partial charge in [-0.2, -0.15) is 16.8 Å². The second kappa shape index (κ2) is 24.7. The fourth-order valence-electron chi connectivity index (χ4n) is 10.2. The van der Waals surface area contributed by atoms with Gasteiger partial charge in [-0.3, -0.25) is 8.37 Å². The molecule has 0 aromatic heterocycles. The van der Waals surface area contributed by atoms with Crippen LogP contribution < -0.4 is 0 Å². The van der Waals surface area contributed by atoms with E-state index in [2.05, 4.69) is 12.1 Å². The number of ether oxygens (including phenoxy) is 13. The van der Waals surface area contributed by atoms with Gasteiger partial charge < -0.3 is 71.8 Å². The Hall–Kier alpha value is -3.17. The molecule has 0 aliphatic carbocycles. The molecule has 0 spiro atoms. The zero-order valence-electron chi connectivity index (χ0n) is 41.1. The minimum Gasteiger partial charge on any atom is -0.387 e. The highest BCUT2D eigenvalue weighted by Crippen LogP contribution is 2.45. The topological polar surface area (TPSA) is 257 Å². The van der Waals surface area contributed by atoms with Crippen molar-refractivity contribution in [3.63, 3.8) is 0 Å². The van der Waals surface area contributed by atoms with E-state index in [1.165, 1.54) is 29.8 Å². The predicted octanol–water partition coefficient (Wildman–Crippen LogP) is 4.22. The number of epoxide rings is 3. The van der Waals surface area contributed by atoms with E-state index in [0.29, 0.717) is 26.4 Å². The maximum atomic E-state index is 12.6. The van der Waals surface area contributed by atoms with E-state index in [4.69, 9.17) is 69.9 Å². The van der Waals surface area contributed by atoms with Gasteiger partial charge in [0.15, 0.2) is 37.4 Å². The normalized spacial score (nSPS) is 37.9. The summed E-state index contributed by atoms with van der Waals surface area (Å²) < 4.78 is 132. The van der Waals surface area contributed by atoms with Gasteiger partial charge in [0.1, 0.15) is 85.5 Å². The van der Waals surface area contributed by atoms with E-state index in [0.717, 1.165) is 16.7 Å². The van der Waals surface area contributed by atoms with E-state index in [1.807, 2.05) is 62.4 Å². The van der Waals surface area contributed by atoms with Crippen LogP contribution in [0.15, 0.2) is 119 Å². The van der Waals surface area contributed by atoms with Gasteiger partial charge in [0.05, 0.1) is 49.4 Å². The third-order valence-electron chi connectivity index (χ3n) is 14.5. The van der Waals surface area contributed by atoms with E-state index < -0.39 is 69.4 Å². The molecule has 78 heavy (non-hydrogen) atoms. The number of fused-ring (bicyclic) bond motifs is 14. The van der Waals surface area contributed by atoms with Crippen LogP contribution in [-0.2, 0) is 103 Å². The van der Waals surface area contributed by atoms with Crippen molar-refractivity contribution in [1.82, 2.24) is 0 Å². The van der Waals surface area contributed by atoms with E-state index in [-0.39, 0.29) is 135 Å². The first kappa shape index (κ1) is 59.5. The molecule has 8 bridgehead atoms. The molecule has 428 valence electrons. The summed E-state index contributed by atoms with van der Waals surface area (Å²) in [5.74, 6) is 0. The van der Waals surface area contributed by atoms with Crippen LogP contribution in [0, 0.1) is 13.8 Å². The van der Waals surface area contributed by atoms with Crippen LogP contribution in [0.3, 0.4) is 0 Å². The molecule has 24 heteroatoms. The summed E-state index contributed by atoms with van der Waals surface area (Å²) in [4.78, 5) is 0.132. The Labute approximate surface area is 471 Å². The summed E-state index contributed by atoms with van der Waals surface area (Å²) in [6, 6.07) is 32.4. The summed E-state index contributed by atoms with van der Waals surface area (Å²) in [5.41, 5.74) is 4.01. The van der Waals surface area contributed by atoms with Gasteiger partial charge in [-0.25, -0.2) is 0 Å². The van der Waals surface area contributed by atoms with E-state index in [1.54, 1.807) is 24.3 Å². The SMILES string of the molecule is C.C.Cc1ccc(S(=O)(=O)OC2C3OCC(O3)C(OCc3ccccc3)C2O)cc1.Cc1ccc(S(=O)(=O)OC2C3OCC(O3)C3OC32)cc1.I.OC1C2COC(O2)C2OC12.c1ccc(COC2C3COC(O3)C3OC23)cc1. The molecule has 11 aliphatic rings. The Morgan fingerprint density at radius 2 is 0.821 bits per heavy atom. The second-order valence-corrected chi connectivity index (χ2v) is 23.0. The molecule has 11 heterocycles. The fraction of sp³-hybridized carbons (Fsp3) is 0.556. The molecule has 20 atom stereocenters. The lowest BCUT2D eigenvalue weighted by Gasteiger charge is -2.37. The molecule has 11 fully saturated rings. The number of hydrogen-bond donors (Lipinski definition) is 2. The number of hydrogen-bond acceptors (Lipinski definition) is 21. The van der Waals surface area contributed by atoms with Crippen LogP contribution in [0.4, 0.5) is 0 Å². The third kappa shape index (κ3) is 12.9. The van der Waals surface area contributed by atoms with Crippen molar-refractivity contribution >= 4 is 44.2 Å². The maximum Gasteiger partial charge on any atom is 0.297 e. The van der Waals surface area contributed by atoms with Crippen molar-refractivity contribution < 1.29 is 97.0 Å². The number of benzene rings is 4. The van der Waals surface area contributed by atoms with Crippen molar-refractivity contribution in [1.29, 1.82) is 0 Å². The Kier molecular flexibility index (Phi) is 18.9. The quantitative estimate of drug-likeness (QED) is 0.114. The van der Waals surface area contributed by atoms with Gasteiger partial charge in [-0.05, 0) is 49.2 Å². The van der Waals surface area contributed by atoms with Crippen LogP contribution in [0.5, 0.6) is 0 Å². The van der Waals surface area contributed by atoms with Crippen molar-refractivity contribution in [2.45, 2.75) is 175 Å². The zero-order chi connectivity index (χ0) is 51.6. The van der Waals surface area contributed by atoms with Crippen LogP contribution in [0.2, 0.25) is 0 Å². The molecule has 20 unspecified atom stereocenters.